The first kappa shape index (κ1) is 69.7. The molecule has 15 nitrogen and oxygen atoms in total. The van der Waals surface area contributed by atoms with Crippen LogP contribution in [-0.4, -0.2) is 106 Å². The Morgan fingerprint density at radius 3 is 2.08 bits per heavy atom. The summed E-state index contributed by atoms with van der Waals surface area (Å²) in [4.78, 5) is 59.8. The molecule has 1 saturated heterocycles. The lowest BCUT2D eigenvalue weighted by molar-refractivity contribution is -0.126. The highest BCUT2D eigenvalue weighted by Crippen LogP contribution is 2.38. The van der Waals surface area contributed by atoms with E-state index in [0.29, 0.717) is 42.3 Å². The van der Waals surface area contributed by atoms with E-state index in [2.05, 4.69) is 65.1 Å². The molecule has 0 saturated carbocycles. The number of piperidine rings is 1. The zero-order chi connectivity index (χ0) is 56.3. The van der Waals surface area contributed by atoms with E-state index in [9.17, 15) is 27.6 Å². The Bertz CT molecular complexity index is 2280. The van der Waals surface area contributed by atoms with Crippen molar-refractivity contribution in [1.29, 1.82) is 0 Å². The molecule has 0 radical (unpaired) electrons. The number of carbonyl (C=O) groups is 4. The molecule has 1 aliphatic rings. The molecule has 4 amide bonds. The van der Waals surface area contributed by atoms with Crippen LogP contribution in [0.15, 0.2) is 80.7 Å². The van der Waals surface area contributed by atoms with Gasteiger partial charge in [0.2, 0.25) is 18.7 Å². The summed E-state index contributed by atoms with van der Waals surface area (Å²) >= 11 is 6.68. The Balaban J connectivity index is 0. The Morgan fingerprint density at radius 2 is 1.53 bits per heavy atom. The van der Waals surface area contributed by atoms with E-state index in [1.165, 1.54) is 31.3 Å². The average Bonchev–Trinajstić information content (AvgIpc) is 3.38. The minimum absolute atomic E-state index is 0.00382. The predicted octanol–water partition coefficient (Wildman–Crippen LogP) is 12.0. The fourth-order valence-electron chi connectivity index (χ4n) is 7.24. The number of nitrogens with zero attached hydrogens (tertiary/aromatic N) is 4. The van der Waals surface area contributed by atoms with Crippen LogP contribution < -0.4 is 26.4 Å². The van der Waals surface area contributed by atoms with Gasteiger partial charge in [-0.3, -0.25) is 34.4 Å². The number of amides is 4. The SMILES string of the molecule is C=N/C=C(/Cl)C(=Nc1ccccc1S(=O)(=O)C(C)C)Nc1cc(C)c(C2CCN(CCCNc3ccc(C)c(C(=O)N(C=O)C(C)CCC(=O)NC=O)c3)CC2)cc1OC(C)C.CC.CC.CC.CCC.CN. The summed E-state index contributed by atoms with van der Waals surface area (Å²) in [6, 6.07) is 15.6. The number of nitrogens with two attached hydrogens (primary N) is 1. The maximum Gasteiger partial charge on any atom is 0.260 e. The molecule has 4 rings (SSSR count). The van der Waals surface area contributed by atoms with Crippen LogP contribution in [0.2, 0.25) is 0 Å². The Hall–Kier alpha value is -5.42. The third kappa shape index (κ3) is 23.6. The summed E-state index contributed by atoms with van der Waals surface area (Å²) in [5.41, 5.74) is 9.53. The minimum atomic E-state index is -3.65. The van der Waals surface area contributed by atoms with E-state index in [0.717, 1.165) is 60.6 Å². The first-order valence-corrected chi connectivity index (χ1v) is 27.8. The van der Waals surface area contributed by atoms with Crippen LogP contribution in [0.1, 0.15) is 161 Å². The number of ether oxygens (including phenoxy) is 1. The lowest BCUT2D eigenvalue weighted by Crippen LogP contribution is -2.38. The summed E-state index contributed by atoms with van der Waals surface area (Å²) in [5, 5.41) is 8.31. The van der Waals surface area contributed by atoms with E-state index in [4.69, 9.17) is 21.3 Å². The number of para-hydroxylation sites is 1. The molecule has 5 N–H and O–H groups in total. The number of imide groups is 2. The van der Waals surface area contributed by atoms with Crippen LogP contribution in [-0.2, 0) is 24.2 Å². The van der Waals surface area contributed by atoms with Crippen molar-refractivity contribution in [1.82, 2.24) is 15.1 Å². The molecule has 73 heavy (non-hydrogen) atoms. The van der Waals surface area contributed by atoms with E-state index < -0.39 is 32.9 Å². The average molecular weight is 1060 g/mol. The first-order chi connectivity index (χ1) is 34.9. The number of hydrogen-bond donors (Lipinski definition) is 4. The summed E-state index contributed by atoms with van der Waals surface area (Å²) in [6.07, 6.45) is 6.29. The largest absolute Gasteiger partial charge is 0.489 e. The van der Waals surface area contributed by atoms with Crippen LogP contribution in [0.4, 0.5) is 17.1 Å². The van der Waals surface area contributed by atoms with Gasteiger partial charge in [0.25, 0.3) is 5.91 Å². The molecule has 1 aliphatic heterocycles. The molecule has 1 atom stereocenters. The molecule has 3 aromatic rings. The molecule has 0 spiro atoms. The van der Waals surface area contributed by atoms with E-state index in [1.54, 1.807) is 45.0 Å². The van der Waals surface area contributed by atoms with Crippen molar-refractivity contribution in [3.05, 3.63) is 88.1 Å². The maximum atomic E-state index is 13.4. The highest BCUT2D eigenvalue weighted by molar-refractivity contribution is 7.92. The van der Waals surface area contributed by atoms with Gasteiger partial charge in [-0.1, -0.05) is 91.6 Å². The second-order valence-corrected chi connectivity index (χ2v) is 19.6. The van der Waals surface area contributed by atoms with Gasteiger partial charge in [-0.2, -0.15) is 0 Å². The number of rotatable bonds is 21. The molecule has 0 aromatic heterocycles. The third-order valence-corrected chi connectivity index (χ3v) is 13.2. The zero-order valence-corrected chi connectivity index (χ0v) is 48.6. The lowest BCUT2D eigenvalue weighted by Gasteiger charge is -2.33. The van der Waals surface area contributed by atoms with Gasteiger partial charge < -0.3 is 26.0 Å². The number of anilines is 2. The summed E-state index contributed by atoms with van der Waals surface area (Å²) in [5.74, 6) is 0.206. The molecule has 0 bridgehead atoms. The zero-order valence-electron chi connectivity index (χ0n) is 47.0. The number of aryl methyl sites for hydroxylation is 2. The van der Waals surface area contributed by atoms with Crippen LogP contribution in [0.5, 0.6) is 5.75 Å². The number of amidine groups is 1. The standard InChI is InChI=1S/C46H60ClN7O7S.C3H8.3C2H6.CH5N/c1-30(2)61-42-26-37(33(6)24-41(42)52-45(39(47)27-48-8)51-40-12-9-10-13-43(40)62(59,60)31(3)4)35-18-22-53(23-19-35)21-11-20-49-36-16-14-32(5)38(25-36)46(58)54(29-56)34(7)15-17-44(57)50-28-55;1-3-2;4*1-2/h9-10,12-14,16,24-31,34-35,49H,8,11,15,17-23H2,1-7H3,(H,51,52)(H,50,55,57);3H2,1-2H3;3*1-2H3;2H2,1H3/b39-27+;;;;;. The molecular weight excluding hydrogens is 964 g/mol. The number of likely N-dealkylation sites (tertiary alicyclic amines) is 1. The van der Waals surface area contributed by atoms with Gasteiger partial charge in [-0.25, -0.2) is 13.4 Å². The second kappa shape index (κ2) is 39.1. The van der Waals surface area contributed by atoms with Gasteiger partial charge in [-0.05, 0) is 167 Å². The van der Waals surface area contributed by atoms with E-state index in [-0.39, 0.29) is 40.4 Å². The van der Waals surface area contributed by atoms with E-state index in [1.807, 2.05) is 80.5 Å². The molecular formula is C56H91ClN8O7S. The van der Waals surface area contributed by atoms with Gasteiger partial charge >= 0.3 is 0 Å². The Kier molecular flexibility index (Phi) is 37.3. The fraction of sp³-hybridized carbons (Fsp3) is 0.536. The normalized spacial score (nSPS) is 13.0. The number of sulfone groups is 1. The molecule has 1 unspecified atom stereocenters. The van der Waals surface area contributed by atoms with Gasteiger partial charge in [-0.15, -0.1) is 0 Å². The van der Waals surface area contributed by atoms with Crippen molar-refractivity contribution >= 4 is 75.7 Å². The van der Waals surface area contributed by atoms with Crippen molar-refractivity contribution in [3.8, 4) is 5.75 Å². The van der Waals surface area contributed by atoms with Crippen LogP contribution in [0.25, 0.3) is 0 Å². The van der Waals surface area contributed by atoms with Crippen molar-refractivity contribution in [2.45, 2.75) is 171 Å². The number of carbonyl (C=O) groups excluding carboxylic acids is 4. The summed E-state index contributed by atoms with van der Waals surface area (Å²) < 4.78 is 32.8. The Morgan fingerprint density at radius 1 is 0.932 bits per heavy atom. The highest BCUT2D eigenvalue weighted by atomic mass is 35.5. The van der Waals surface area contributed by atoms with Crippen molar-refractivity contribution in [3.63, 3.8) is 0 Å². The molecule has 410 valence electrons. The van der Waals surface area contributed by atoms with Crippen LogP contribution >= 0.6 is 11.6 Å². The number of hydrogen-bond acceptors (Lipinski definition) is 12. The van der Waals surface area contributed by atoms with Gasteiger partial charge in [0.05, 0.1) is 27.6 Å². The maximum absolute atomic E-state index is 13.4. The van der Waals surface area contributed by atoms with E-state index >= 15 is 0 Å². The fourth-order valence-corrected chi connectivity index (χ4v) is 8.58. The van der Waals surface area contributed by atoms with Gasteiger partial charge in [0.1, 0.15) is 10.8 Å². The number of aliphatic imine (C=N–C) groups is 2. The highest BCUT2D eigenvalue weighted by Gasteiger charge is 2.27. The number of halogens is 1. The van der Waals surface area contributed by atoms with Crippen molar-refractivity contribution in [2.24, 2.45) is 15.7 Å². The molecule has 1 fully saturated rings. The lowest BCUT2D eigenvalue weighted by atomic mass is 9.86. The first-order valence-electron chi connectivity index (χ1n) is 25.9. The number of nitrogens with one attached hydrogen (secondary N) is 3. The molecule has 1 heterocycles. The second-order valence-electron chi connectivity index (χ2n) is 16.7. The van der Waals surface area contributed by atoms with Crippen LogP contribution in [0.3, 0.4) is 0 Å². The molecule has 17 heteroatoms. The topological polar surface area (TPSA) is 205 Å². The Labute approximate surface area is 445 Å². The molecule has 3 aromatic carbocycles. The summed E-state index contributed by atoms with van der Waals surface area (Å²) in [6.45, 7) is 36.0. The minimum Gasteiger partial charge on any atom is -0.489 e. The van der Waals surface area contributed by atoms with Gasteiger partial charge in [0.15, 0.2) is 15.7 Å². The van der Waals surface area contributed by atoms with Crippen molar-refractivity contribution < 1.29 is 32.3 Å². The van der Waals surface area contributed by atoms with Gasteiger partial charge in [0, 0.05) is 36.5 Å². The molecule has 0 aliphatic carbocycles. The summed E-state index contributed by atoms with van der Waals surface area (Å²) in [7, 11) is -2.15. The number of benzene rings is 3. The quantitative estimate of drug-likeness (QED) is 0.0342. The third-order valence-electron chi connectivity index (χ3n) is 10.7. The predicted molar refractivity (Wildman–Crippen MR) is 308 cm³/mol. The van der Waals surface area contributed by atoms with Crippen LogP contribution in [0, 0.1) is 13.8 Å². The van der Waals surface area contributed by atoms with Crippen molar-refractivity contribution in [2.75, 3.05) is 43.9 Å². The monoisotopic (exact) mass is 1050 g/mol. The smallest absolute Gasteiger partial charge is 0.260 e.